The molecule has 1 N–H and O–H groups in total. The zero-order valence-corrected chi connectivity index (χ0v) is 22.0. The molecule has 0 radical (unpaired) electrons. The highest BCUT2D eigenvalue weighted by atomic mass is 35.5. The highest BCUT2D eigenvalue weighted by Gasteiger charge is 2.32. The van der Waals surface area contributed by atoms with E-state index in [0.717, 1.165) is 28.1 Å². The lowest BCUT2D eigenvalue weighted by Gasteiger charge is -2.33. The summed E-state index contributed by atoms with van der Waals surface area (Å²) in [6.07, 6.45) is 2.18. The summed E-state index contributed by atoms with van der Waals surface area (Å²) < 4.78 is 26.3. The average Bonchev–Trinajstić information content (AvgIpc) is 2.78. The fourth-order valence-corrected chi connectivity index (χ4v) is 4.51. The molecule has 0 aromatic heterocycles. The Kier molecular flexibility index (Phi) is 9.94. The lowest BCUT2D eigenvalue weighted by Crippen LogP contribution is -2.53. The number of benzene rings is 2. The summed E-state index contributed by atoms with van der Waals surface area (Å²) in [5, 5.41) is 3.35. The highest BCUT2D eigenvalue weighted by Crippen LogP contribution is 2.25. The number of carbonyl (C=O) groups is 2. The number of amides is 2. The van der Waals surface area contributed by atoms with Crippen LogP contribution in [0.2, 0.25) is 5.02 Å². The van der Waals surface area contributed by atoms with Crippen molar-refractivity contribution in [2.45, 2.75) is 59.2 Å². The summed E-state index contributed by atoms with van der Waals surface area (Å²) in [6, 6.07) is 13.4. The first-order valence-electron chi connectivity index (χ1n) is 11.4. The Hall–Kier alpha value is -2.58. The van der Waals surface area contributed by atoms with E-state index < -0.39 is 28.5 Å². The maximum atomic E-state index is 13.6. The highest BCUT2D eigenvalue weighted by molar-refractivity contribution is 7.92. The molecule has 34 heavy (non-hydrogen) atoms. The number of anilines is 1. The number of halogens is 1. The van der Waals surface area contributed by atoms with Gasteiger partial charge in [-0.1, -0.05) is 61.8 Å². The summed E-state index contributed by atoms with van der Waals surface area (Å²) in [6.45, 7) is 7.25. The Morgan fingerprint density at radius 1 is 1.06 bits per heavy atom. The molecule has 2 aromatic rings. The van der Waals surface area contributed by atoms with Crippen LogP contribution in [0.3, 0.4) is 0 Å². The molecule has 2 aromatic carbocycles. The number of aryl methyl sites for hydroxylation is 1. The average molecular weight is 508 g/mol. The van der Waals surface area contributed by atoms with Gasteiger partial charge in [-0.25, -0.2) is 8.42 Å². The van der Waals surface area contributed by atoms with Gasteiger partial charge < -0.3 is 10.2 Å². The number of rotatable bonds is 11. The van der Waals surface area contributed by atoms with E-state index in [0.29, 0.717) is 17.1 Å². The Morgan fingerprint density at radius 2 is 1.71 bits per heavy atom. The molecule has 0 saturated heterocycles. The Balaban J connectivity index is 2.43. The molecule has 0 aliphatic carbocycles. The predicted molar refractivity (Wildman–Crippen MR) is 137 cm³/mol. The van der Waals surface area contributed by atoms with Crippen molar-refractivity contribution in [3.05, 3.63) is 64.7 Å². The van der Waals surface area contributed by atoms with E-state index in [9.17, 15) is 18.0 Å². The zero-order chi connectivity index (χ0) is 25.5. The molecular weight excluding hydrogens is 474 g/mol. The number of hydrogen-bond donors (Lipinski definition) is 1. The van der Waals surface area contributed by atoms with Gasteiger partial charge in [0.1, 0.15) is 12.6 Å². The SMILES string of the molecule is CC[C@H](C(=O)N[C@@H](C)CC)N(Cc1ccccc1)C(=O)CN(c1ccc(C)c(Cl)c1)S(C)(=O)=O. The Bertz CT molecular complexity index is 1090. The summed E-state index contributed by atoms with van der Waals surface area (Å²) in [5.74, 6) is -0.734. The molecule has 7 nitrogen and oxygen atoms in total. The van der Waals surface area contributed by atoms with E-state index in [-0.39, 0.29) is 18.5 Å². The van der Waals surface area contributed by atoms with Gasteiger partial charge >= 0.3 is 0 Å². The zero-order valence-electron chi connectivity index (χ0n) is 20.4. The van der Waals surface area contributed by atoms with Gasteiger partial charge in [-0.3, -0.25) is 13.9 Å². The van der Waals surface area contributed by atoms with E-state index in [2.05, 4.69) is 5.32 Å². The summed E-state index contributed by atoms with van der Waals surface area (Å²) in [4.78, 5) is 28.1. The molecule has 186 valence electrons. The van der Waals surface area contributed by atoms with Gasteiger partial charge in [-0.05, 0) is 49.9 Å². The smallest absolute Gasteiger partial charge is 0.244 e. The molecule has 0 saturated carbocycles. The van der Waals surface area contributed by atoms with Crippen LogP contribution in [0.4, 0.5) is 5.69 Å². The second-order valence-corrected chi connectivity index (χ2v) is 10.8. The van der Waals surface area contributed by atoms with Crippen LogP contribution < -0.4 is 9.62 Å². The van der Waals surface area contributed by atoms with Crippen LogP contribution in [0.15, 0.2) is 48.5 Å². The third-order valence-electron chi connectivity index (χ3n) is 5.71. The second kappa shape index (κ2) is 12.2. The number of nitrogens with one attached hydrogen (secondary N) is 1. The molecule has 2 atom stereocenters. The van der Waals surface area contributed by atoms with Crippen LogP contribution in [-0.2, 0) is 26.2 Å². The Morgan fingerprint density at radius 3 is 2.24 bits per heavy atom. The minimum Gasteiger partial charge on any atom is -0.352 e. The first kappa shape index (κ1) is 27.7. The van der Waals surface area contributed by atoms with Gasteiger partial charge in [0.05, 0.1) is 11.9 Å². The van der Waals surface area contributed by atoms with Crippen molar-refractivity contribution in [1.82, 2.24) is 10.2 Å². The van der Waals surface area contributed by atoms with Gasteiger partial charge in [-0.2, -0.15) is 0 Å². The van der Waals surface area contributed by atoms with E-state index >= 15 is 0 Å². The van der Waals surface area contributed by atoms with Crippen molar-refractivity contribution in [2.24, 2.45) is 0 Å². The molecule has 2 rings (SSSR count). The number of nitrogens with zero attached hydrogens (tertiary/aromatic N) is 2. The van der Waals surface area contributed by atoms with E-state index in [4.69, 9.17) is 11.6 Å². The Labute approximate surface area is 208 Å². The molecular formula is C25H34ClN3O4S. The topological polar surface area (TPSA) is 86.8 Å². The van der Waals surface area contributed by atoms with Crippen molar-refractivity contribution in [2.75, 3.05) is 17.1 Å². The van der Waals surface area contributed by atoms with Crippen molar-refractivity contribution in [3.63, 3.8) is 0 Å². The van der Waals surface area contributed by atoms with Gasteiger partial charge in [0.15, 0.2) is 0 Å². The monoisotopic (exact) mass is 507 g/mol. The molecule has 0 unspecified atom stereocenters. The minimum absolute atomic E-state index is 0.0440. The van der Waals surface area contributed by atoms with Gasteiger partial charge in [0.2, 0.25) is 21.8 Å². The second-order valence-electron chi connectivity index (χ2n) is 8.45. The van der Waals surface area contributed by atoms with E-state index in [1.54, 1.807) is 12.1 Å². The van der Waals surface area contributed by atoms with E-state index in [1.165, 1.54) is 11.0 Å². The predicted octanol–water partition coefficient (Wildman–Crippen LogP) is 4.14. The molecule has 0 aliphatic rings. The molecule has 2 amide bonds. The summed E-state index contributed by atoms with van der Waals surface area (Å²) in [7, 11) is -3.80. The van der Waals surface area contributed by atoms with Crippen molar-refractivity contribution in [1.29, 1.82) is 0 Å². The third kappa shape index (κ3) is 7.46. The fraction of sp³-hybridized carbons (Fsp3) is 0.440. The van der Waals surface area contributed by atoms with Crippen molar-refractivity contribution >= 4 is 39.1 Å². The molecule has 0 fully saturated rings. The number of sulfonamides is 1. The van der Waals surface area contributed by atoms with Crippen LogP contribution in [0.1, 0.15) is 44.7 Å². The number of hydrogen-bond acceptors (Lipinski definition) is 4. The van der Waals surface area contributed by atoms with Crippen LogP contribution in [-0.4, -0.2) is 50.0 Å². The molecule has 0 aliphatic heterocycles. The van der Waals surface area contributed by atoms with Crippen LogP contribution in [0.25, 0.3) is 0 Å². The minimum atomic E-state index is -3.80. The first-order chi connectivity index (χ1) is 16.0. The molecule has 0 bridgehead atoms. The summed E-state index contributed by atoms with van der Waals surface area (Å²) in [5.41, 5.74) is 1.93. The lowest BCUT2D eigenvalue weighted by atomic mass is 10.1. The molecule has 0 heterocycles. The quantitative estimate of drug-likeness (QED) is 0.495. The third-order valence-corrected chi connectivity index (χ3v) is 7.25. The van der Waals surface area contributed by atoms with Crippen molar-refractivity contribution in [3.8, 4) is 0 Å². The number of carbonyl (C=O) groups excluding carboxylic acids is 2. The van der Waals surface area contributed by atoms with E-state index in [1.807, 2.05) is 58.0 Å². The van der Waals surface area contributed by atoms with Crippen LogP contribution >= 0.6 is 11.6 Å². The molecule has 0 spiro atoms. The summed E-state index contributed by atoms with van der Waals surface area (Å²) >= 11 is 6.22. The van der Waals surface area contributed by atoms with Crippen molar-refractivity contribution < 1.29 is 18.0 Å². The van der Waals surface area contributed by atoms with Gasteiger partial charge in [0, 0.05) is 17.6 Å². The van der Waals surface area contributed by atoms with Gasteiger partial charge in [0.25, 0.3) is 0 Å². The lowest BCUT2D eigenvalue weighted by molar-refractivity contribution is -0.140. The largest absolute Gasteiger partial charge is 0.352 e. The standard InChI is InChI=1S/C25H34ClN3O4S/c1-6-19(4)27-25(31)23(7-2)28(16-20-11-9-8-10-12-20)24(30)17-29(34(5,32)33)21-14-13-18(3)22(26)15-21/h8-15,19,23H,6-7,16-17H2,1-5H3,(H,27,31)/t19-,23+/m0/s1. The first-order valence-corrected chi connectivity index (χ1v) is 13.6. The molecule has 9 heteroatoms. The van der Waals surface area contributed by atoms with Crippen LogP contribution in [0.5, 0.6) is 0 Å². The maximum absolute atomic E-state index is 13.6. The van der Waals surface area contributed by atoms with Gasteiger partial charge in [-0.15, -0.1) is 0 Å². The normalized spacial score (nSPS) is 13.1. The fourth-order valence-electron chi connectivity index (χ4n) is 3.49. The van der Waals surface area contributed by atoms with Crippen LogP contribution in [0, 0.1) is 6.92 Å². The maximum Gasteiger partial charge on any atom is 0.244 e.